The van der Waals surface area contributed by atoms with Crippen LogP contribution in [-0.2, 0) is 4.79 Å². The summed E-state index contributed by atoms with van der Waals surface area (Å²) >= 11 is 0. The highest BCUT2D eigenvalue weighted by Gasteiger charge is 1.97. The monoisotopic (exact) mass is 166 g/mol. The normalized spacial score (nSPS) is 10.4. The molecule has 0 radical (unpaired) electrons. The van der Waals surface area contributed by atoms with E-state index in [-0.39, 0.29) is 5.75 Å². The lowest BCUT2D eigenvalue weighted by atomic mass is 10.2. The Labute approximate surface area is 69.0 Å². The molecule has 1 rings (SSSR count). The summed E-state index contributed by atoms with van der Waals surface area (Å²) in [5.41, 5.74) is 0.294. The Kier molecular flexibility index (Phi) is 2.58. The van der Waals surface area contributed by atoms with Crippen LogP contribution in [0.2, 0.25) is 0 Å². The summed E-state index contributed by atoms with van der Waals surface area (Å²) in [6.45, 7) is 0. The fraction of sp³-hybridized carbons (Fsp3) is 0. The second-order valence-electron chi connectivity index (χ2n) is 2.20. The number of carbonyl (C=O) groups excluding carboxylic acids is 1. The zero-order valence-electron chi connectivity index (χ0n) is 6.20. The van der Waals surface area contributed by atoms with E-state index in [4.69, 9.17) is 5.11 Å². The van der Waals surface area contributed by atoms with Crippen LogP contribution in [0.1, 0.15) is 5.56 Å². The van der Waals surface area contributed by atoms with Gasteiger partial charge in [-0.3, -0.25) is 4.79 Å². The Hall–Kier alpha value is -1.64. The highest BCUT2D eigenvalue weighted by Crippen LogP contribution is 2.18. The van der Waals surface area contributed by atoms with Gasteiger partial charge in [-0.2, -0.15) is 0 Å². The van der Waals surface area contributed by atoms with Gasteiger partial charge in [0.15, 0.2) is 0 Å². The average Bonchev–Trinajstić information content (AvgIpc) is 2.07. The summed E-state index contributed by atoms with van der Waals surface area (Å²) in [5, 5.41) is 9.13. The standard InChI is InChI=1S/C9H7FO2/c10-8-3-4-9(12)7(6-8)2-1-5-11/h1-6,12H/b2-1+. The molecule has 1 N–H and O–H groups in total. The molecule has 62 valence electrons. The minimum Gasteiger partial charge on any atom is -0.507 e. The van der Waals surface area contributed by atoms with Crippen molar-refractivity contribution in [2.24, 2.45) is 0 Å². The van der Waals surface area contributed by atoms with E-state index in [0.29, 0.717) is 11.8 Å². The van der Waals surface area contributed by atoms with Gasteiger partial charge < -0.3 is 5.11 Å². The third-order valence-corrected chi connectivity index (χ3v) is 1.34. The van der Waals surface area contributed by atoms with Gasteiger partial charge in [0.1, 0.15) is 17.9 Å². The molecular formula is C9H7FO2. The van der Waals surface area contributed by atoms with Crippen molar-refractivity contribution in [2.45, 2.75) is 0 Å². The first kappa shape index (κ1) is 8.46. The van der Waals surface area contributed by atoms with Gasteiger partial charge in [-0.15, -0.1) is 0 Å². The van der Waals surface area contributed by atoms with Gasteiger partial charge in [0.05, 0.1) is 0 Å². The van der Waals surface area contributed by atoms with Gasteiger partial charge in [0.25, 0.3) is 0 Å². The fourth-order valence-corrected chi connectivity index (χ4v) is 0.802. The summed E-state index contributed by atoms with van der Waals surface area (Å²) in [6.07, 6.45) is 3.09. The fourth-order valence-electron chi connectivity index (χ4n) is 0.802. The molecule has 1 aromatic carbocycles. The van der Waals surface area contributed by atoms with Gasteiger partial charge in [-0.25, -0.2) is 4.39 Å². The maximum absolute atomic E-state index is 12.5. The van der Waals surface area contributed by atoms with Crippen LogP contribution >= 0.6 is 0 Å². The molecule has 0 aromatic heterocycles. The summed E-state index contributed by atoms with van der Waals surface area (Å²) < 4.78 is 12.5. The molecule has 0 saturated carbocycles. The van der Waals surface area contributed by atoms with Gasteiger partial charge in [-0.05, 0) is 30.4 Å². The second-order valence-corrected chi connectivity index (χ2v) is 2.20. The number of phenolic OH excluding ortho intramolecular Hbond substituents is 1. The van der Waals surface area contributed by atoms with Crippen LogP contribution in [0.25, 0.3) is 6.08 Å². The van der Waals surface area contributed by atoms with E-state index < -0.39 is 5.82 Å². The molecule has 0 aliphatic carbocycles. The molecule has 0 amide bonds. The molecule has 2 nitrogen and oxygen atoms in total. The summed E-state index contributed by atoms with van der Waals surface area (Å²) in [7, 11) is 0. The zero-order chi connectivity index (χ0) is 8.97. The van der Waals surface area contributed by atoms with Crippen LogP contribution in [0, 0.1) is 5.82 Å². The molecule has 0 aliphatic heterocycles. The Morgan fingerprint density at radius 3 is 2.83 bits per heavy atom. The lowest BCUT2D eigenvalue weighted by molar-refractivity contribution is -0.104. The number of hydrogen-bond donors (Lipinski definition) is 1. The first-order valence-electron chi connectivity index (χ1n) is 3.34. The van der Waals surface area contributed by atoms with Crippen molar-refractivity contribution >= 4 is 12.4 Å². The smallest absolute Gasteiger partial charge is 0.142 e. The molecule has 0 saturated heterocycles. The number of halogens is 1. The molecule has 3 heteroatoms. The highest BCUT2D eigenvalue weighted by molar-refractivity contribution is 5.75. The molecule has 1 aromatic rings. The molecule has 0 fully saturated rings. The van der Waals surface area contributed by atoms with Crippen molar-refractivity contribution in [3.8, 4) is 5.75 Å². The van der Waals surface area contributed by atoms with E-state index in [0.717, 1.165) is 12.1 Å². The Morgan fingerprint density at radius 2 is 2.17 bits per heavy atom. The maximum atomic E-state index is 12.5. The molecule has 0 unspecified atom stereocenters. The van der Waals surface area contributed by atoms with E-state index >= 15 is 0 Å². The molecule has 0 atom stereocenters. The quantitative estimate of drug-likeness (QED) is 0.536. The van der Waals surface area contributed by atoms with Crippen LogP contribution in [-0.4, -0.2) is 11.4 Å². The van der Waals surface area contributed by atoms with Crippen LogP contribution in [0.4, 0.5) is 4.39 Å². The number of allylic oxidation sites excluding steroid dienone is 1. The predicted molar refractivity (Wildman–Crippen MR) is 43.2 cm³/mol. The van der Waals surface area contributed by atoms with Gasteiger partial charge in [0, 0.05) is 5.56 Å². The highest BCUT2D eigenvalue weighted by atomic mass is 19.1. The number of phenols is 1. The average molecular weight is 166 g/mol. The van der Waals surface area contributed by atoms with E-state index in [9.17, 15) is 9.18 Å². The summed E-state index contributed by atoms with van der Waals surface area (Å²) in [6, 6.07) is 3.53. The van der Waals surface area contributed by atoms with E-state index in [1.165, 1.54) is 18.2 Å². The van der Waals surface area contributed by atoms with Crippen molar-refractivity contribution in [1.29, 1.82) is 0 Å². The zero-order valence-corrected chi connectivity index (χ0v) is 6.20. The largest absolute Gasteiger partial charge is 0.507 e. The molecule has 0 aliphatic rings. The number of rotatable bonds is 2. The Bertz CT molecular complexity index is 318. The number of aromatic hydroxyl groups is 1. The Morgan fingerprint density at radius 1 is 1.42 bits per heavy atom. The molecule has 0 spiro atoms. The minimum atomic E-state index is -0.446. The van der Waals surface area contributed by atoms with E-state index in [1.807, 2.05) is 0 Å². The van der Waals surface area contributed by atoms with Crippen molar-refractivity contribution < 1.29 is 14.3 Å². The van der Waals surface area contributed by atoms with Crippen molar-refractivity contribution in [3.63, 3.8) is 0 Å². The molecular weight excluding hydrogens is 159 g/mol. The second kappa shape index (κ2) is 3.67. The molecule has 0 heterocycles. The lowest BCUT2D eigenvalue weighted by Gasteiger charge is -1.96. The van der Waals surface area contributed by atoms with Gasteiger partial charge in [0.2, 0.25) is 0 Å². The molecule has 12 heavy (non-hydrogen) atoms. The van der Waals surface area contributed by atoms with Crippen molar-refractivity contribution in [3.05, 3.63) is 35.7 Å². The SMILES string of the molecule is O=C/C=C/c1cc(F)ccc1O. The van der Waals surface area contributed by atoms with E-state index in [1.54, 1.807) is 0 Å². The van der Waals surface area contributed by atoms with Crippen molar-refractivity contribution in [2.75, 3.05) is 0 Å². The van der Waals surface area contributed by atoms with Crippen LogP contribution in [0.15, 0.2) is 24.3 Å². The van der Waals surface area contributed by atoms with Crippen LogP contribution in [0.5, 0.6) is 5.75 Å². The van der Waals surface area contributed by atoms with Crippen LogP contribution < -0.4 is 0 Å². The third kappa shape index (κ3) is 1.92. The number of aldehydes is 1. The molecule has 0 bridgehead atoms. The van der Waals surface area contributed by atoms with E-state index in [2.05, 4.69) is 0 Å². The first-order valence-corrected chi connectivity index (χ1v) is 3.34. The van der Waals surface area contributed by atoms with Crippen molar-refractivity contribution in [1.82, 2.24) is 0 Å². The topological polar surface area (TPSA) is 37.3 Å². The maximum Gasteiger partial charge on any atom is 0.142 e. The van der Waals surface area contributed by atoms with Crippen LogP contribution in [0.3, 0.4) is 0 Å². The number of hydrogen-bond acceptors (Lipinski definition) is 2. The van der Waals surface area contributed by atoms with Gasteiger partial charge >= 0.3 is 0 Å². The summed E-state index contributed by atoms with van der Waals surface area (Å²) in [5.74, 6) is -0.493. The lowest BCUT2D eigenvalue weighted by Crippen LogP contribution is -1.78. The number of benzene rings is 1. The Balaban J connectivity index is 3.04. The third-order valence-electron chi connectivity index (χ3n) is 1.34. The van der Waals surface area contributed by atoms with Gasteiger partial charge in [-0.1, -0.05) is 0 Å². The first-order chi connectivity index (χ1) is 5.74. The predicted octanol–water partition coefficient (Wildman–Crippen LogP) is 1.74. The number of carbonyl (C=O) groups is 1. The minimum absolute atomic E-state index is 0.0468. The summed E-state index contributed by atoms with van der Waals surface area (Å²) in [4.78, 5) is 9.91.